The van der Waals surface area contributed by atoms with Crippen molar-refractivity contribution in [1.29, 1.82) is 0 Å². The van der Waals surface area contributed by atoms with Crippen molar-refractivity contribution in [3.05, 3.63) is 41.6 Å². The van der Waals surface area contributed by atoms with E-state index >= 15 is 4.79 Å². The van der Waals surface area contributed by atoms with Gasteiger partial charge in [-0.15, -0.1) is 0 Å². The van der Waals surface area contributed by atoms with Crippen molar-refractivity contribution >= 4 is 112 Å². The van der Waals surface area contributed by atoms with Crippen LogP contribution in [-0.4, -0.2) is 217 Å². The molecule has 0 aliphatic heterocycles. The third kappa shape index (κ3) is 45.9. The van der Waals surface area contributed by atoms with Crippen LogP contribution in [0, 0.1) is 53.3 Å². The topological polar surface area (TPSA) is 544 Å². The number of unbranched alkanes of at least 4 members (excludes halogenated alkanes) is 2. The fraction of sp³-hybridized carbons (Fsp3) is 0.707. The fourth-order valence-electron chi connectivity index (χ4n) is 13.6. The molecule has 0 heterocycles. The van der Waals surface area contributed by atoms with Gasteiger partial charge in [0.1, 0.15) is 84.5 Å². The summed E-state index contributed by atoms with van der Waals surface area (Å²) in [4.78, 5) is 261. The maximum atomic E-state index is 15.0. The second-order valence-electron chi connectivity index (χ2n) is 36.1. The largest absolute Gasteiger partial charge is 0.464 e. The highest BCUT2D eigenvalue weighted by atomic mass is 16.6. The summed E-state index contributed by atoms with van der Waals surface area (Å²) in [6.07, 6.45) is 1.76. The summed E-state index contributed by atoms with van der Waals surface area (Å²) in [7, 11) is 0. The zero-order valence-electron chi connectivity index (χ0n) is 81.3. The van der Waals surface area contributed by atoms with E-state index in [0.29, 0.717) is 31.2 Å². The van der Waals surface area contributed by atoms with Crippen molar-refractivity contribution < 1.29 is 105 Å². The minimum atomic E-state index is -1.45. The third-order valence-electron chi connectivity index (χ3n) is 21.4. The van der Waals surface area contributed by atoms with E-state index in [1.54, 1.807) is 109 Å². The van der Waals surface area contributed by atoms with Crippen LogP contribution in [-0.2, 0) is 107 Å². The lowest BCUT2D eigenvalue weighted by molar-refractivity contribution is -0.156. The van der Waals surface area contributed by atoms with Crippen LogP contribution < -0.4 is 89.8 Å². The maximum absolute atomic E-state index is 15.0. The van der Waals surface area contributed by atoms with Gasteiger partial charge in [0, 0.05) is 73.5 Å². The smallest absolute Gasteiger partial charge is 0.308 e. The fourth-order valence-corrected chi connectivity index (χ4v) is 13.6. The highest BCUT2D eigenvalue weighted by Gasteiger charge is 2.41. The van der Waals surface area contributed by atoms with E-state index in [1.165, 1.54) is 59.8 Å². The van der Waals surface area contributed by atoms with E-state index in [4.69, 9.17) is 14.2 Å². The number of ether oxygens (including phenoxy) is 3. The van der Waals surface area contributed by atoms with Crippen LogP contribution >= 0.6 is 0 Å². The Balaban J connectivity index is 3.91. The zero-order valence-corrected chi connectivity index (χ0v) is 81.3. The van der Waals surface area contributed by atoms with Gasteiger partial charge in [-0.05, 0) is 149 Å². The zero-order chi connectivity index (χ0) is 99.1. The van der Waals surface area contributed by atoms with Gasteiger partial charge >= 0.3 is 17.9 Å². The maximum Gasteiger partial charge on any atom is 0.308 e. The molecule has 0 aliphatic rings. The molecular formula is C92H154N16O22. The van der Waals surface area contributed by atoms with Gasteiger partial charge in [0.05, 0.1) is 6.04 Å². The van der Waals surface area contributed by atoms with Crippen LogP contribution in [0.15, 0.2) is 36.0 Å². The Morgan fingerprint density at radius 3 is 1.06 bits per heavy atom. The van der Waals surface area contributed by atoms with Crippen LogP contribution in [0.3, 0.4) is 0 Å². The minimum absolute atomic E-state index is 0.0203. The summed E-state index contributed by atoms with van der Waals surface area (Å²) in [5.41, 5.74) is 0.218. The number of hydrogen-bond acceptors (Lipinski definition) is 22. The Labute approximate surface area is 767 Å². The summed E-state index contributed by atoms with van der Waals surface area (Å²) in [5, 5.41) is 43.9. The molecule has 15 atom stereocenters. The highest BCUT2D eigenvalue weighted by Crippen LogP contribution is 2.21. The molecule has 130 heavy (non-hydrogen) atoms. The Morgan fingerprint density at radius 1 is 0.338 bits per heavy atom. The van der Waals surface area contributed by atoms with Crippen LogP contribution in [0.5, 0.6) is 5.75 Å². The molecule has 0 saturated heterocycles. The first-order valence-corrected chi connectivity index (χ1v) is 45.7. The number of allylic oxidation sites excluding steroid dienone is 1. The first-order valence-electron chi connectivity index (χ1n) is 45.7. The van der Waals surface area contributed by atoms with Crippen LogP contribution in [0.2, 0.25) is 0 Å². The lowest BCUT2D eigenvalue weighted by Gasteiger charge is -2.31. The predicted molar refractivity (Wildman–Crippen MR) is 488 cm³/mol. The van der Waals surface area contributed by atoms with Gasteiger partial charge in [-0.1, -0.05) is 149 Å². The molecule has 0 aromatic heterocycles. The molecular weight excluding hydrogens is 1680 g/mol. The molecule has 38 heteroatoms. The number of rotatable bonds is 60. The number of carbonyl (C=O) groups is 19. The van der Waals surface area contributed by atoms with Crippen molar-refractivity contribution in [2.24, 2.45) is 53.3 Å². The van der Waals surface area contributed by atoms with Crippen molar-refractivity contribution in [1.82, 2.24) is 85.1 Å². The second kappa shape index (κ2) is 60.7. The van der Waals surface area contributed by atoms with Crippen molar-refractivity contribution in [2.45, 2.75) is 342 Å². The molecule has 734 valence electrons. The van der Waals surface area contributed by atoms with Gasteiger partial charge in [-0.25, -0.2) is 0 Å². The molecule has 16 N–H and O–H groups in total. The van der Waals surface area contributed by atoms with Gasteiger partial charge in [-0.2, -0.15) is 0 Å². The van der Waals surface area contributed by atoms with E-state index in [0.717, 1.165) is 6.92 Å². The highest BCUT2D eigenvalue weighted by molar-refractivity contribution is 6.03. The molecule has 0 saturated carbocycles. The number of carbonyl (C=O) groups excluding carboxylic acids is 19. The van der Waals surface area contributed by atoms with E-state index in [2.05, 4.69) is 85.1 Å². The molecule has 38 nitrogen and oxygen atoms in total. The first kappa shape index (κ1) is 117. The Bertz CT molecular complexity index is 3940. The number of benzene rings is 1. The van der Waals surface area contributed by atoms with Crippen molar-refractivity contribution in [3.63, 3.8) is 0 Å². The standard InChI is InChI=1S/C92H154N16O22/c1-26-56(18)78(108-83(118)69(36-33-43-95-60(22)111)98-84(119)70(44-49(4)5)100-80(115)66(28-3)96-92(127)79(57(19)27-2)130-63(25)114)91(126)107-77(55(16)17)90(125)106-76(54(14)15)88(123)99-68(35-30-32-42-94-59(21)110)82(117)105-75(53(12)13)89(124)103-72(46-51(8)9)85(120)97-67(34-29-31-41-93-58(20)109)81(116)102-73(47-64-37-39-65(40-38-64)129-62(24)113)87(122)101-71(45-50(6)7)86(121)104-74(52(10)11)48-128-61(23)112/h28,37-40,49-57,67-79H,26-27,29-36,41-48H2,1-25H3,(H,93,109)(H,94,110)(H,95,111)(H,96,127)(H,97,120)(H,98,119)(H,99,123)(H,100,115)(H,101,122)(H,102,116)(H,103,124)(H,104,121)(H,105,117)(H,106,125)(H,107,126)(H,108,118)/b66-28+/t56-,57-,67?,68?,69+,70?,71?,72?,73+,74+,75-,76-,77-,78-,79-/m0/s1. The Kier molecular flexibility index (Phi) is 54.6. The van der Waals surface area contributed by atoms with Crippen LogP contribution in [0.1, 0.15) is 262 Å². The average Bonchev–Trinajstić information content (AvgIpc) is 0.841. The first-order chi connectivity index (χ1) is 60.8. The molecule has 16 amide bonds. The van der Waals surface area contributed by atoms with Gasteiger partial charge in [-0.3, -0.25) is 91.1 Å². The molecule has 0 spiro atoms. The van der Waals surface area contributed by atoms with Crippen molar-refractivity contribution in [3.8, 4) is 5.75 Å². The summed E-state index contributed by atoms with van der Waals surface area (Å²) < 4.78 is 15.8. The van der Waals surface area contributed by atoms with E-state index in [-0.39, 0.29) is 143 Å². The monoisotopic (exact) mass is 1840 g/mol. The molecule has 5 unspecified atom stereocenters. The molecule has 0 bridgehead atoms. The molecule has 1 rings (SSSR count). The normalized spacial score (nSPS) is 14.9. The van der Waals surface area contributed by atoms with Gasteiger partial charge in [0.25, 0.3) is 11.8 Å². The summed E-state index contributed by atoms with van der Waals surface area (Å²) in [6, 6.07) is -9.66. The lowest BCUT2D eigenvalue weighted by atomic mass is 9.95. The average molecular weight is 1840 g/mol. The van der Waals surface area contributed by atoms with E-state index in [9.17, 15) is 86.3 Å². The quantitative estimate of drug-likeness (QED) is 0.0190. The van der Waals surface area contributed by atoms with E-state index in [1.807, 2.05) is 27.7 Å². The molecule has 1 aromatic carbocycles. The lowest BCUT2D eigenvalue weighted by Crippen LogP contribution is -2.62. The van der Waals surface area contributed by atoms with Gasteiger partial charge < -0.3 is 99.3 Å². The second-order valence-corrected chi connectivity index (χ2v) is 36.1. The molecule has 0 aliphatic carbocycles. The predicted octanol–water partition coefficient (Wildman–Crippen LogP) is 3.87. The molecule has 0 fully saturated rings. The minimum Gasteiger partial charge on any atom is -0.464 e. The van der Waals surface area contributed by atoms with Crippen molar-refractivity contribution in [2.75, 3.05) is 26.2 Å². The number of esters is 3. The Hall–Kier alpha value is -11.1. The number of hydrogen-bond donors (Lipinski definition) is 16. The summed E-state index contributed by atoms with van der Waals surface area (Å²) >= 11 is 0. The molecule has 0 radical (unpaired) electrons. The van der Waals surface area contributed by atoms with Gasteiger partial charge in [0.15, 0.2) is 6.10 Å². The number of amides is 16. The SMILES string of the molecule is C/C=C(/NC(=O)[C@@H](OC(C)=O)[C@@H](C)CC)C(=O)NC(CC(C)C)C(=O)N[C@H](CCCNC(C)=O)C(=O)N[C@H](C(=O)N[C@H](C(=O)N[C@H](C(=O)NC(CCCCNC(C)=O)C(=O)N[C@H](C(=O)NC(CC(C)C)C(=O)NC(CCCCNC(C)=O)C(=O)N[C@H](Cc1ccc(OC(C)=O)cc1)C(=O)NC(CC(C)C)C(=O)N[C@H](COC(C)=O)C(C)C)C(C)C)C(C)C)C(C)C)[C@@H](C)CC. The van der Waals surface area contributed by atoms with E-state index < -0.39 is 203 Å². The Morgan fingerprint density at radius 2 is 0.677 bits per heavy atom. The third-order valence-corrected chi connectivity index (χ3v) is 21.4. The molecule has 1 aromatic rings. The van der Waals surface area contributed by atoms with Gasteiger partial charge in [0.2, 0.25) is 82.7 Å². The number of nitrogens with one attached hydrogen (secondary N) is 16. The summed E-state index contributed by atoms with van der Waals surface area (Å²) in [5.74, 6) is -17.3. The van der Waals surface area contributed by atoms with Crippen LogP contribution in [0.25, 0.3) is 0 Å². The summed E-state index contributed by atoms with van der Waals surface area (Å²) in [6.45, 7) is 40.5. The van der Waals surface area contributed by atoms with Crippen LogP contribution in [0.4, 0.5) is 0 Å².